The quantitative estimate of drug-likeness (QED) is 0.186. The lowest BCUT2D eigenvalue weighted by Crippen LogP contribution is -2.51. The molecule has 4 nitrogen and oxygen atoms in total. The molecule has 0 aliphatic rings. The number of carbonyl (C=O) groups excluding carboxylic acids is 2. The van der Waals surface area contributed by atoms with Crippen molar-refractivity contribution in [3.05, 3.63) is 99.0 Å². The first-order chi connectivity index (χ1) is 17.4. The molecule has 0 spiro atoms. The number of rotatable bonds is 12. The van der Waals surface area contributed by atoms with Gasteiger partial charge in [-0.25, -0.2) is 0 Å². The molecule has 0 aliphatic carbocycles. The Labute approximate surface area is 232 Å². The van der Waals surface area contributed by atoms with E-state index in [9.17, 15) is 9.59 Å². The van der Waals surface area contributed by atoms with Crippen LogP contribution in [0.25, 0.3) is 0 Å². The third-order valence-corrected chi connectivity index (χ3v) is 7.47. The highest BCUT2D eigenvalue weighted by molar-refractivity contribution is 8.00. The smallest absolute Gasteiger partial charge is 0.243 e. The van der Waals surface area contributed by atoms with Gasteiger partial charge in [0.2, 0.25) is 11.8 Å². The van der Waals surface area contributed by atoms with E-state index < -0.39 is 6.04 Å². The van der Waals surface area contributed by atoms with E-state index in [-0.39, 0.29) is 24.1 Å². The van der Waals surface area contributed by atoms with E-state index in [1.807, 2.05) is 42.5 Å². The predicted octanol–water partition coefficient (Wildman–Crippen LogP) is 7.30. The molecule has 3 aromatic carbocycles. The summed E-state index contributed by atoms with van der Waals surface area (Å²) in [4.78, 5) is 29.6. The number of nitrogens with zero attached hydrogens (tertiary/aromatic N) is 1. The molecular weight excluding hydrogens is 535 g/mol. The van der Waals surface area contributed by atoms with Crippen LogP contribution in [-0.2, 0) is 22.6 Å². The summed E-state index contributed by atoms with van der Waals surface area (Å²) >= 11 is 20.0. The van der Waals surface area contributed by atoms with Gasteiger partial charge in [-0.1, -0.05) is 84.5 Å². The lowest BCUT2D eigenvalue weighted by Gasteiger charge is -2.32. The predicted molar refractivity (Wildman–Crippen MR) is 151 cm³/mol. The van der Waals surface area contributed by atoms with Gasteiger partial charge in [-0.3, -0.25) is 9.59 Å². The molecule has 2 amide bonds. The molecule has 0 saturated carbocycles. The maximum atomic E-state index is 13.7. The Bertz CT molecular complexity index is 1140. The van der Waals surface area contributed by atoms with Crippen molar-refractivity contribution in [3.63, 3.8) is 0 Å². The molecule has 3 aromatic rings. The van der Waals surface area contributed by atoms with Crippen molar-refractivity contribution in [1.29, 1.82) is 0 Å². The molecule has 0 aromatic heterocycles. The van der Waals surface area contributed by atoms with Crippen LogP contribution in [0.5, 0.6) is 0 Å². The van der Waals surface area contributed by atoms with Crippen molar-refractivity contribution in [3.8, 4) is 0 Å². The first-order valence-electron chi connectivity index (χ1n) is 11.8. The first kappa shape index (κ1) is 28.4. The molecule has 1 N–H and O–H groups in total. The molecular formula is C28H29Cl3N2O2S. The average Bonchev–Trinajstić information content (AvgIpc) is 2.87. The van der Waals surface area contributed by atoms with E-state index in [4.69, 9.17) is 34.8 Å². The number of thioether (sulfide) groups is 1. The fourth-order valence-electron chi connectivity index (χ4n) is 3.65. The number of hydrogen-bond donors (Lipinski definition) is 1. The van der Waals surface area contributed by atoms with Crippen LogP contribution in [0.4, 0.5) is 0 Å². The highest BCUT2D eigenvalue weighted by Crippen LogP contribution is 2.26. The van der Waals surface area contributed by atoms with Crippen LogP contribution in [-0.4, -0.2) is 35.1 Å². The van der Waals surface area contributed by atoms with Crippen LogP contribution in [0.1, 0.15) is 30.9 Å². The van der Waals surface area contributed by atoms with Gasteiger partial charge in [-0.15, -0.1) is 11.8 Å². The molecule has 8 heteroatoms. The number of hydrogen-bond acceptors (Lipinski definition) is 3. The summed E-state index contributed by atoms with van der Waals surface area (Å²) in [6, 6.07) is 21.5. The largest absolute Gasteiger partial charge is 0.354 e. The highest BCUT2D eigenvalue weighted by atomic mass is 35.5. The Balaban J connectivity index is 1.90. The van der Waals surface area contributed by atoms with Gasteiger partial charge in [0.05, 0.1) is 5.75 Å². The summed E-state index contributed by atoms with van der Waals surface area (Å²) in [6.45, 7) is 2.82. The Hall–Kier alpha value is -2.18. The number of halogens is 3. The molecule has 0 aliphatic heterocycles. The maximum Gasteiger partial charge on any atom is 0.243 e. The fourth-order valence-corrected chi connectivity index (χ4v) is 5.03. The van der Waals surface area contributed by atoms with E-state index in [0.29, 0.717) is 28.0 Å². The van der Waals surface area contributed by atoms with Gasteiger partial charge in [-0.2, -0.15) is 0 Å². The van der Waals surface area contributed by atoms with Crippen LogP contribution in [0.15, 0.2) is 77.7 Å². The Morgan fingerprint density at radius 3 is 2.31 bits per heavy atom. The molecule has 0 heterocycles. The van der Waals surface area contributed by atoms with Crippen molar-refractivity contribution in [2.45, 2.75) is 43.7 Å². The van der Waals surface area contributed by atoms with Crippen LogP contribution >= 0.6 is 46.6 Å². The molecule has 3 rings (SSSR count). The molecule has 0 fully saturated rings. The van der Waals surface area contributed by atoms with Crippen molar-refractivity contribution >= 4 is 58.4 Å². The second kappa shape index (κ2) is 14.5. The minimum absolute atomic E-state index is 0.160. The summed E-state index contributed by atoms with van der Waals surface area (Å²) in [7, 11) is 0. The van der Waals surface area contributed by atoms with Crippen molar-refractivity contribution in [2.24, 2.45) is 0 Å². The third kappa shape index (κ3) is 8.74. The molecule has 0 bridgehead atoms. The summed E-state index contributed by atoms with van der Waals surface area (Å²) < 4.78 is 0. The summed E-state index contributed by atoms with van der Waals surface area (Å²) in [5.41, 5.74) is 1.70. The van der Waals surface area contributed by atoms with Gasteiger partial charge in [-0.05, 0) is 53.9 Å². The summed E-state index contributed by atoms with van der Waals surface area (Å²) in [6.07, 6.45) is 2.22. The molecule has 0 radical (unpaired) electrons. The zero-order valence-electron chi connectivity index (χ0n) is 20.1. The summed E-state index contributed by atoms with van der Waals surface area (Å²) in [5.74, 6) is -0.171. The number of nitrogens with one attached hydrogen (secondary N) is 1. The van der Waals surface area contributed by atoms with E-state index in [2.05, 4.69) is 12.2 Å². The zero-order valence-corrected chi connectivity index (χ0v) is 23.1. The van der Waals surface area contributed by atoms with Gasteiger partial charge < -0.3 is 10.2 Å². The van der Waals surface area contributed by atoms with E-state index >= 15 is 0 Å². The van der Waals surface area contributed by atoms with Crippen LogP contribution < -0.4 is 5.32 Å². The fraction of sp³-hybridized carbons (Fsp3) is 0.286. The van der Waals surface area contributed by atoms with Crippen molar-refractivity contribution in [2.75, 3.05) is 12.3 Å². The van der Waals surface area contributed by atoms with Gasteiger partial charge in [0.25, 0.3) is 0 Å². The molecule has 190 valence electrons. The Morgan fingerprint density at radius 2 is 1.64 bits per heavy atom. The van der Waals surface area contributed by atoms with E-state index in [1.165, 1.54) is 11.8 Å². The minimum Gasteiger partial charge on any atom is -0.354 e. The highest BCUT2D eigenvalue weighted by Gasteiger charge is 2.30. The topological polar surface area (TPSA) is 49.4 Å². The Morgan fingerprint density at radius 1 is 0.944 bits per heavy atom. The molecule has 36 heavy (non-hydrogen) atoms. The van der Waals surface area contributed by atoms with Gasteiger partial charge in [0.1, 0.15) is 6.04 Å². The number of amides is 2. The monoisotopic (exact) mass is 562 g/mol. The number of carbonyl (C=O) groups is 2. The van der Waals surface area contributed by atoms with Crippen LogP contribution in [0.2, 0.25) is 15.1 Å². The standard InChI is InChI=1S/C28H29Cl3N2O2S/c1-2-3-15-32-28(35)26(16-20-7-5-4-6-8-20)33(18-21-9-10-23(30)17-25(21)31)27(34)19-36-24-13-11-22(29)12-14-24/h4-14,17,26H,2-3,15-16,18-19H2,1H3,(H,32,35)/t26-/m1/s1. The van der Waals surface area contributed by atoms with Crippen LogP contribution in [0, 0.1) is 0 Å². The molecule has 1 atom stereocenters. The van der Waals surface area contributed by atoms with Crippen LogP contribution in [0.3, 0.4) is 0 Å². The zero-order chi connectivity index (χ0) is 25.9. The SMILES string of the molecule is CCCCNC(=O)[C@@H](Cc1ccccc1)N(Cc1ccc(Cl)cc1Cl)C(=O)CSc1ccc(Cl)cc1. The van der Waals surface area contributed by atoms with E-state index in [1.54, 1.807) is 35.2 Å². The lowest BCUT2D eigenvalue weighted by molar-refractivity contribution is -0.139. The lowest BCUT2D eigenvalue weighted by atomic mass is 10.0. The molecule has 0 saturated heterocycles. The maximum absolute atomic E-state index is 13.7. The van der Waals surface area contributed by atoms with E-state index in [0.717, 1.165) is 28.9 Å². The second-order valence-electron chi connectivity index (χ2n) is 8.35. The number of benzene rings is 3. The second-order valence-corrected chi connectivity index (χ2v) is 10.7. The third-order valence-electron chi connectivity index (χ3n) is 5.63. The first-order valence-corrected chi connectivity index (χ1v) is 13.9. The normalized spacial score (nSPS) is 11.7. The van der Waals surface area contributed by atoms with Crippen molar-refractivity contribution < 1.29 is 9.59 Å². The van der Waals surface area contributed by atoms with Crippen molar-refractivity contribution in [1.82, 2.24) is 10.2 Å². The van der Waals surface area contributed by atoms with Gasteiger partial charge in [0.15, 0.2) is 0 Å². The average molecular weight is 564 g/mol. The minimum atomic E-state index is -0.700. The van der Waals surface area contributed by atoms with Gasteiger partial charge in [0, 0.05) is 39.5 Å². The Kier molecular flexibility index (Phi) is 11.5. The molecule has 0 unspecified atom stereocenters. The van der Waals surface area contributed by atoms with Gasteiger partial charge >= 0.3 is 0 Å². The summed E-state index contributed by atoms with van der Waals surface area (Å²) in [5, 5.41) is 4.62. The number of unbranched alkanes of at least 4 members (excludes halogenated alkanes) is 1.